The van der Waals surface area contributed by atoms with Crippen LogP contribution in [0, 0.1) is 13.8 Å². The van der Waals surface area contributed by atoms with E-state index in [0.29, 0.717) is 22.7 Å². The predicted octanol–water partition coefficient (Wildman–Crippen LogP) is 4.76. The van der Waals surface area contributed by atoms with Gasteiger partial charge in [0, 0.05) is 11.8 Å². The van der Waals surface area contributed by atoms with Crippen molar-refractivity contribution in [1.82, 2.24) is 20.1 Å². The summed E-state index contributed by atoms with van der Waals surface area (Å²) in [6.45, 7) is 3.70. The van der Waals surface area contributed by atoms with Crippen LogP contribution in [0.15, 0.2) is 82.6 Å². The minimum absolute atomic E-state index is 0.184. The normalized spacial score (nSPS) is 11.6. The Hall–Kier alpha value is -4.11. The molecule has 3 heterocycles. The Bertz CT molecular complexity index is 1560. The number of pyridine rings is 1. The van der Waals surface area contributed by atoms with Crippen LogP contribution in [0.1, 0.15) is 11.5 Å². The molecule has 0 radical (unpaired) electrons. The quantitative estimate of drug-likeness (QED) is 0.405. The second-order valence-electron chi connectivity index (χ2n) is 7.54. The maximum atomic E-state index is 12.7. The van der Waals surface area contributed by atoms with Gasteiger partial charge in [-0.1, -0.05) is 29.4 Å². The molecule has 0 spiro atoms. The van der Waals surface area contributed by atoms with E-state index in [1.165, 1.54) is 18.3 Å². The van der Waals surface area contributed by atoms with Crippen molar-refractivity contribution >= 4 is 26.7 Å². The van der Waals surface area contributed by atoms with Gasteiger partial charge < -0.3 is 4.52 Å². The van der Waals surface area contributed by atoms with Crippen LogP contribution in [0.25, 0.3) is 33.4 Å². The van der Waals surface area contributed by atoms with Crippen molar-refractivity contribution in [3.05, 3.63) is 84.6 Å². The van der Waals surface area contributed by atoms with Crippen molar-refractivity contribution in [2.24, 2.45) is 0 Å². The summed E-state index contributed by atoms with van der Waals surface area (Å²) >= 11 is 0. The SMILES string of the molecule is Cc1noc(C)c1-c1cnc2ccc(-c3cncc(NS(=O)(=O)c4ccccc4)c3)cc2n1. The zero-order valence-corrected chi connectivity index (χ0v) is 18.7. The van der Waals surface area contributed by atoms with Gasteiger partial charge in [0.1, 0.15) is 5.76 Å². The fraction of sp³-hybridized carbons (Fsp3) is 0.0833. The second-order valence-corrected chi connectivity index (χ2v) is 9.22. The van der Waals surface area contributed by atoms with Crippen molar-refractivity contribution in [2.45, 2.75) is 18.7 Å². The van der Waals surface area contributed by atoms with Gasteiger partial charge in [-0.15, -0.1) is 0 Å². The molecule has 0 fully saturated rings. The van der Waals surface area contributed by atoms with Gasteiger partial charge in [0.2, 0.25) is 0 Å². The standard InChI is InChI=1S/C24H19N5O3S/c1-15-24(16(2)32-28-15)23-14-26-21-9-8-17(11-22(21)27-23)18-10-19(13-25-12-18)29-33(30,31)20-6-4-3-5-7-20/h3-14,29H,1-2H3. The summed E-state index contributed by atoms with van der Waals surface area (Å²) < 4.78 is 33.2. The van der Waals surface area contributed by atoms with Crippen LogP contribution in [-0.4, -0.2) is 28.5 Å². The first-order chi connectivity index (χ1) is 15.9. The smallest absolute Gasteiger partial charge is 0.261 e. The number of nitrogens with zero attached hydrogens (tertiary/aromatic N) is 4. The minimum Gasteiger partial charge on any atom is -0.361 e. The highest BCUT2D eigenvalue weighted by atomic mass is 32.2. The molecule has 0 aliphatic heterocycles. The number of rotatable bonds is 5. The molecule has 0 atom stereocenters. The molecule has 8 nitrogen and oxygen atoms in total. The summed E-state index contributed by atoms with van der Waals surface area (Å²) in [6, 6.07) is 15.6. The van der Waals surface area contributed by atoms with Gasteiger partial charge >= 0.3 is 0 Å². The van der Waals surface area contributed by atoms with E-state index in [9.17, 15) is 8.42 Å². The largest absolute Gasteiger partial charge is 0.361 e. The summed E-state index contributed by atoms with van der Waals surface area (Å²) in [4.78, 5) is 13.7. The van der Waals surface area contributed by atoms with Crippen molar-refractivity contribution in [3.63, 3.8) is 0 Å². The van der Waals surface area contributed by atoms with Crippen molar-refractivity contribution < 1.29 is 12.9 Å². The number of anilines is 1. The van der Waals surface area contributed by atoms with Crippen LogP contribution in [-0.2, 0) is 10.0 Å². The molecular weight excluding hydrogens is 438 g/mol. The third-order valence-electron chi connectivity index (χ3n) is 5.21. The monoisotopic (exact) mass is 457 g/mol. The minimum atomic E-state index is -3.71. The van der Waals surface area contributed by atoms with Crippen LogP contribution >= 0.6 is 0 Å². The molecule has 3 aromatic heterocycles. The zero-order valence-electron chi connectivity index (χ0n) is 17.9. The van der Waals surface area contributed by atoms with Crippen molar-refractivity contribution in [1.29, 1.82) is 0 Å². The molecule has 9 heteroatoms. The predicted molar refractivity (Wildman–Crippen MR) is 125 cm³/mol. The summed E-state index contributed by atoms with van der Waals surface area (Å²) in [6.07, 6.45) is 4.85. The van der Waals surface area contributed by atoms with Crippen molar-refractivity contribution in [2.75, 3.05) is 4.72 Å². The molecule has 0 amide bonds. The Morgan fingerprint density at radius 2 is 1.70 bits per heavy atom. The maximum absolute atomic E-state index is 12.7. The molecule has 1 N–H and O–H groups in total. The number of nitrogens with one attached hydrogen (secondary N) is 1. The highest BCUT2D eigenvalue weighted by Gasteiger charge is 2.16. The van der Waals surface area contributed by atoms with Crippen LogP contribution in [0.3, 0.4) is 0 Å². The van der Waals surface area contributed by atoms with Crippen LogP contribution in [0.2, 0.25) is 0 Å². The summed E-state index contributed by atoms with van der Waals surface area (Å²) in [5, 5.41) is 3.99. The molecule has 0 unspecified atom stereocenters. The first-order valence-electron chi connectivity index (χ1n) is 10.1. The number of benzene rings is 2. The zero-order chi connectivity index (χ0) is 23.0. The number of aromatic nitrogens is 4. The third-order valence-corrected chi connectivity index (χ3v) is 6.61. The van der Waals surface area contributed by atoms with E-state index in [-0.39, 0.29) is 4.90 Å². The topological polar surface area (TPSA) is 111 Å². The molecule has 0 bridgehead atoms. The summed E-state index contributed by atoms with van der Waals surface area (Å²) in [5.41, 5.74) is 5.64. The maximum Gasteiger partial charge on any atom is 0.261 e. The van der Waals surface area contributed by atoms with Crippen LogP contribution in [0.4, 0.5) is 5.69 Å². The van der Waals surface area contributed by atoms with E-state index >= 15 is 0 Å². The number of hydrogen-bond donors (Lipinski definition) is 1. The Morgan fingerprint density at radius 3 is 2.45 bits per heavy atom. The lowest BCUT2D eigenvalue weighted by Crippen LogP contribution is -2.12. The molecular formula is C24H19N5O3S. The average Bonchev–Trinajstić information content (AvgIpc) is 3.16. The lowest BCUT2D eigenvalue weighted by molar-refractivity contribution is 0.393. The van der Waals surface area contributed by atoms with Crippen LogP contribution < -0.4 is 4.72 Å². The summed E-state index contributed by atoms with van der Waals surface area (Å²) in [7, 11) is -3.71. The lowest BCUT2D eigenvalue weighted by atomic mass is 10.1. The highest BCUT2D eigenvalue weighted by Crippen LogP contribution is 2.29. The van der Waals surface area contributed by atoms with Gasteiger partial charge in [0.25, 0.3) is 10.0 Å². The molecule has 0 saturated carbocycles. The van der Waals surface area contributed by atoms with E-state index in [1.807, 2.05) is 32.0 Å². The Labute approximate surface area is 190 Å². The van der Waals surface area contributed by atoms with Crippen LogP contribution in [0.5, 0.6) is 0 Å². The van der Waals surface area contributed by atoms with E-state index in [4.69, 9.17) is 9.51 Å². The number of sulfonamides is 1. The fourth-order valence-electron chi connectivity index (χ4n) is 3.63. The summed E-state index contributed by atoms with van der Waals surface area (Å²) in [5.74, 6) is 0.680. The molecule has 2 aromatic carbocycles. The van der Waals surface area contributed by atoms with Gasteiger partial charge in [0.05, 0.1) is 51.0 Å². The van der Waals surface area contributed by atoms with Gasteiger partial charge in [-0.05, 0) is 49.7 Å². The van der Waals surface area contributed by atoms with Gasteiger partial charge in [0.15, 0.2) is 0 Å². The molecule has 33 heavy (non-hydrogen) atoms. The fourth-order valence-corrected chi connectivity index (χ4v) is 4.68. The first-order valence-corrected chi connectivity index (χ1v) is 11.6. The highest BCUT2D eigenvalue weighted by molar-refractivity contribution is 7.92. The molecule has 0 aliphatic rings. The van der Waals surface area contributed by atoms with Gasteiger partial charge in [-0.2, -0.15) is 0 Å². The van der Waals surface area contributed by atoms with E-state index in [0.717, 1.165) is 27.9 Å². The van der Waals surface area contributed by atoms with E-state index < -0.39 is 10.0 Å². The Kier molecular flexibility index (Phi) is 5.10. The Morgan fingerprint density at radius 1 is 0.879 bits per heavy atom. The first kappa shape index (κ1) is 20.8. The molecule has 0 saturated heterocycles. The number of fused-ring (bicyclic) bond motifs is 1. The van der Waals surface area contributed by atoms with Gasteiger partial charge in [-0.25, -0.2) is 13.4 Å². The lowest BCUT2D eigenvalue weighted by Gasteiger charge is -2.10. The molecule has 0 aliphatic carbocycles. The molecule has 164 valence electrons. The third kappa shape index (κ3) is 4.06. The molecule has 5 aromatic rings. The number of hydrogen-bond acceptors (Lipinski definition) is 7. The van der Waals surface area contributed by atoms with Crippen molar-refractivity contribution in [3.8, 4) is 22.4 Å². The van der Waals surface area contributed by atoms with E-state index in [1.54, 1.807) is 36.7 Å². The Balaban J connectivity index is 1.50. The van der Waals surface area contributed by atoms with E-state index in [2.05, 4.69) is 19.8 Å². The van der Waals surface area contributed by atoms with Gasteiger partial charge in [-0.3, -0.25) is 14.7 Å². The average molecular weight is 458 g/mol. The molecule has 5 rings (SSSR count). The number of aryl methyl sites for hydroxylation is 2. The second kappa shape index (κ2) is 8.10.